The minimum atomic E-state index is -0.203. The van der Waals surface area contributed by atoms with Gasteiger partial charge in [-0.2, -0.15) is 0 Å². The maximum Gasteiger partial charge on any atom is 0.188 e. The minimum Gasteiger partial charge on any atom is -0.379 e. The first-order valence-corrected chi connectivity index (χ1v) is 8.90. The summed E-state index contributed by atoms with van der Waals surface area (Å²) in [5.74, 6) is 0.294. The van der Waals surface area contributed by atoms with E-state index in [2.05, 4.69) is 20.1 Å². The number of morpholine rings is 1. The molecule has 1 aromatic rings. The lowest BCUT2D eigenvalue weighted by Gasteiger charge is -2.26. The Labute approximate surface area is 173 Å². The predicted octanol–water partition coefficient (Wildman–Crippen LogP) is 1.50. The average molecular weight is 479 g/mol. The van der Waals surface area contributed by atoms with Crippen LogP contribution in [0.2, 0.25) is 0 Å². The first-order chi connectivity index (χ1) is 12.1. The molecule has 6 nitrogen and oxygen atoms in total. The SMILES string of the molecule is CN(CCNC(N)=NCCCN1CCOCC1)Cc1ccc(F)cc1.I. The van der Waals surface area contributed by atoms with Gasteiger partial charge in [-0.05, 0) is 31.2 Å². The molecule has 1 fully saturated rings. The summed E-state index contributed by atoms with van der Waals surface area (Å²) in [7, 11) is 2.03. The van der Waals surface area contributed by atoms with Crippen molar-refractivity contribution in [2.75, 3.05) is 59.5 Å². The number of aliphatic imine (C=N–C) groups is 1. The number of nitrogens with zero attached hydrogens (tertiary/aromatic N) is 3. The Morgan fingerprint density at radius 3 is 2.69 bits per heavy atom. The molecule has 1 aliphatic rings. The fourth-order valence-electron chi connectivity index (χ4n) is 2.73. The van der Waals surface area contributed by atoms with Crippen molar-refractivity contribution < 1.29 is 9.13 Å². The minimum absolute atomic E-state index is 0. The number of likely N-dealkylation sites (N-methyl/N-ethyl adjacent to an activating group) is 1. The highest BCUT2D eigenvalue weighted by molar-refractivity contribution is 14.0. The number of nitrogens with one attached hydrogen (secondary N) is 1. The van der Waals surface area contributed by atoms with Crippen LogP contribution in [0, 0.1) is 5.82 Å². The lowest BCUT2D eigenvalue weighted by molar-refractivity contribution is 0.0377. The number of ether oxygens (including phenoxy) is 1. The number of hydrogen-bond acceptors (Lipinski definition) is 4. The van der Waals surface area contributed by atoms with Gasteiger partial charge in [-0.1, -0.05) is 12.1 Å². The first kappa shape index (κ1) is 23.1. The van der Waals surface area contributed by atoms with Crippen molar-refractivity contribution in [2.24, 2.45) is 10.7 Å². The Morgan fingerprint density at radius 1 is 1.31 bits per heavy atom. The van der Waals surface area contributed by atoms with Gasteiger partial charge in [0.2, 0.25) is 0 Å². The van der Waals surface area contributed by atoms with E-state index in [1.54, 1.807) is 0 Å². The summed E-state index contributed by atoms with van der Waals surface area (Å²) in [4.78, 5) is 8.92. The molecular formula is C18H31FIN5O. The fourth-order valence-corrected chi connectivity index (χ4v) is 2.73. The van der Waals surface area contributed by atoms with Gasteiger partial charge in [-0.25, -0.2) is 4.39 Å². The van der Waals surface area contributed by atoms with Crippen LogP contribution in [0.25, 0.3) is 0 Å². The van der Waals surface area contributed by atoms with Gasteiger partial charge < -0.3 is 20.7 Å². The highest BCUT2D eigenvalue weighted by Gasteiger charge is 2.08. The number of rotatable bonds is 9. The largest absolute Gasteiger partial charge is 0.379 e. The van der Waals surface area contributed by atoms with E-state index >= 15 is 0 Å². The van der Waals surface area contributed by atoms with E-state index in [-0.39, 0.29) is 29.8 Å². The van der Waals surface area contributed by atoms with E-state index in [1.165, 1.54) is 12.1 Å². The lowest BCUT2D eigenvalue weighted by atomic mass is 10.2. The summed E-state index contributed by atoms with van der Waals surface area (Å²) in [5, 5.41) is 3.14. The third-order valence-electron chi connectivity index (χ3n) is 4.18. The lowest BCUT2D eigenvalue weighted by Crippen LogP contribution is -2.38. The smallest absolute Gasteiger partial charge is 0.188 e. The molecule has 1 saturated heterocycles. The molecule has 1 heterocycles. The van der Waals surface area contributed by atoms with Crippen molar-refractivity contribution in [3.63, 3.8) is 0 Å². The molecule has 0 aliphatic carbocycles. The summed E-state index contributed by atoms with van der Waals surface area (Å²) in [6, 6.07) is 6.60. The highest BCUT2D eigenvalue weighted by Crippen LogP contribution is 2.05. The van der Waals surface area contributed by atoms with Gasteiger partial charge in [0.25, 0.3) is 0 Å². The molecule has 0 aromatic heterocycles. The molecule has 26 heavy (non-hydrogen) atoms. The fraction of sp³-hybridized carbons (Fsp3) is 0.611. The molecule has 0 saturated carbocycles. The second-order valence-electron chi connectivity index (χ2n) is 6.37. The van der Waals surface area contributed by atoms with Crippen LogP contribution in [-0.2, 0) is 11.3 Å². The monoisotopic (exact) mass is 479 g/mol. The standard InChI is InChI=1S/C18H30FN5O.HI/c1-23(15-16-3-5-17(19)6-4-16)10-8-22-18(20)21-7-2-9-24-11-13-25-14-12-24;/h3-6H,2,7-15H2,1H3,(H3,20,21,22);1H. The maximum absolute atomic E-state index is 12.9. The molecule has 1 aliphatic heterocycles. The van der Waals surface area contributed by atoms with Crippen molar-refractivity contribution >= 4 is 29.9 Å². The molecular weight excluding hydrogens is 448 g/mol. The van der Waals surface area contributed by atoms with E-state index < -0.39 is 0 Å². The Morgan fingerprint density at radius 2 is 2.00 bits per heavy atom. The molecule has 0 amide bonds. The maximum atomic E-state index is 12.9. The third kappa shape index (κ3) is 9.65. The van der Waals surface area contributed by atoms with Crippen LogP contribution in [0.3, 0.4) is 0 Å². The van der Waals surface area contributed by atoms with Gasteiger partial charge in [-0.15, -0.1) is 24.0 Å². The molecule has 0 unspecified atom stereocenters. The Bertz CT molecular complexity index is 523. The van der Waals surface area contributed by atoms with E-state index in [1.807, 2.05) is 19.2 Å². The number of nitrogens with two attached hydrogens (primary N) is 1. The predicted molar refractivity (Wildman–Crippen MR) is 115 cm³/mol. The van der Waals surface area contributed by atoms with Crippen molar-refractivity contribution in [1.29, 1.82) is 0 Å². The number of guanidine groups is 1. The first-order valence-electron chi connectivity index (χ1n) is 8.90. The summed E-state index contributed by atoms with van der Waals surface area (Å²) < 4.78 is 18.2. The molecule has 0 atom stereocenters. The summed E-state index contributed by atoms with van der Waals surface area (Å²) in [5.41, 5.74) is 6.98. The van der Waals surface area contributed by atoms with Crippen molar-refractivity contribution in [1.82, 2.24) is 15.1 Å². The van der Waals surface area contributed by atoms with Gasteiger partial charge in [0.05, 0.1) is 13.2 Å². The van der Waals surface area contributed by atoms with Crippen LogP contribution in [0.4, 0.5) is 4.39 Å². The Balaban J connectivity index is 0.00000338. The second-order valence-corrected chi connectivity index (χ2v) is 6.37. The summed E-state index contributed by atoms with van der Waals surface area (Å²) in [6.07, 6.45) is 1.01. The Kier molecular flexibility index (Phi) is 11.7. The van der Waals surface area contributed by atoms with Crippen LogP contribution in [0.15, 0.2) is 29.3 Å². The molecule has 3 N–H and O–H groups in total. The zero-order valence-electron chi connectivity index (χ0n) is 15.5. The average Bonchev–Trinajstić information content (AvgIpc) is 2.62. The van der Waals surface area contributed by atoms with Gasteiger partial charge >= 0.3 is 0 Å². The normalized spacial score (nSPS) is 15.7. The van der Waals surface area contributed by atoms with Crippen molar-refractivity contribution in [3.8, 4) is 0 Å². The van der Waals surface area contributed by atoms with Gasteiger partial charge in [-0.3, -0.25) is 9.89 Å². The zero-order valence-corrected chi connectivity index (χ0v) is 17.8. The van der Waals surface area contributed by atoms with Gasteiger partial charge in [0.1, 0.15) is 5.82 Å². The van der Waals surface area contributed by atoms with Crippen LogP contribution in [0.5, 0.6) is 0 Å². The second kappa shape index (κ2) is 13.2. The van der Waals surface area contributed by atoms with E-state index in [4.69, 9.17) is 10.5 Å². The molecule has 0 spiro atoms. The van der Waals surface area contributed by atoms with E-state index in [0.717, 1.165) is 71.0 Å². The van der Waals surface area contributed by atoms with Gasteiger partial charge in [0.15, 0.2) is 5.96 Å². The number of benzene rings is 1. The topological polar surface area (TPSA) is 66.1 Å². The molecule has 8 heteroatoms. The van der Waals surface area contributed by atoms with Gasteiger partial charge in [0, 0.05) is 45.8 Å². The Hall–Kier alpha value is -0.970. The number of hydrogen-bond donors (Lipinski definition) is 2. The van der Waals surface area contributed by atoms with E-state index in [0.29, 0.717) is 5.96 Å². The molecule has 0 bridgehead atoms. The zero-order chi connectivity index (χ0) is 17.9. The van der Waals surface area contributed by atoms with Crippen LogP contribution in [-0.4, -0.2) is 75.3 Å². The summed E-state index contributed by atoms with van der Waals surface area (Å²) in [6.45, 7) is 7.81. The molecule has 2 rings (SSSR count). The number of halogens is 2. The summed E-state index contributed by atoms with van der Waals surface area (Å²) >= 11 is 0. The molecule has 1 aromatic carbocycles. The van der Waals surface area contributed by atoms with Crippen molar-refractivity contribution in [3.05, 3.63) is 35.6 Å². The van der Waals surface area contributed by atoms with E-state index in [9.17, 15) is 4.39 Å². The van der Waals surface area contributed by atoms with Crippen LogP contribution in [0.1, 0.15) is 12.0 Å². The van der Waals surface area contributed by atoms with Crippen LogP contribution < -0.4 is 11.1 Å². The quantitative estimate of drug-likeness (QED) is 0.243. The highest BCUT2D eigenvalue weighted by atomic mass is 127. The molecule has 0 radical (unpaired) electrons. The van der Waals surface area contributed by atoms with Crippen LogP contribution >= 0.6 is 24.0 Å². The molecule has 148 valence electrons. The third-order valence-corrected chi connectivity index (χ3v) is 4.18. The van der Waals surface area contributed by atoms with Crippen molar-refractivity contribution in [2.45, 2.75) is 13.0 Å².